The molecule has 0 atom stereocenters. The summed E-state index contributed by atoms with van der Waals surface area (Å²) in [6, 6.07) is 13.7. The molecule has 0 aromatic heterocycles. The molecule has 1 aliphatic rings. The van der Waals surface area contributed by atoms with Gasteiger partial charge in [0, 0.05) is 37.6 Å². The Balaban J connectivity index is 1.54. The molecule has 5 nitrogen and oxygen atoms in total. The Morgan fingerprint density at radius 2 is 1.44 bits per heavy atom. The van der Waals surface area contributed by atoms with Crippen LogP contribution in [0.1, 0.15) is 5.56 Å². The molecule has 0 aliphatic carbocycles. The second kappa shape index (κ2) is 7.69. The highest BCUT2D eigenvalue weighted by Crippen LogP contribution is 2.29. The molecule has 3 rings (SSSR count). The number of carbonyl (C=O) groups is 2. The smallest absolute Gasteiger partial charge is 0.368 e. The third kappa shape index (κ3) is 4.58. The maximum Gasteiger partial charge on any atom is 0.416 e. The van der Waals surface area contributed by atoms with Gasteiger partial charge < -0.3 is 15.1 Å². The second-order valence-corrected chi connectivity index (χ2v) is 6.14. The van der Waals surface area contributed by atoms with Gasteiger partial charge in [0.25, 0.3) is 0 Å². The van der Waals surface area contributed by atoms with Crippen LogP contribution in [0, 0.1) is 0 Å². The van der Waals surface area contributed by atoms with E-state index < -0.39 is 23.6 Å². The van der Waals surface area contributed by atoms with Gasteiger partial charge in [-0.25, -0.2) is 0 Å². The molecule has 0 radical (unpaired) electrons. The second-order valence-electron chi connectivity index (χ2n) is 6.14. The van der Waals surface area contributed by atoms with E-state index in [4.69, 9.17) is 0 Å². The van der Waals surface area contributed by atoms with E-state index in [1.165, 1.54) is 4.90 Å². The number of nitrogens with zero attached hydrogens (tertiary/aromatic N) is 2. The highest BCUT2D eigenvalue weighted by atomic mass is 19.4. The third-order valence-corrected chi connectivity index (χ3v) is 4.35. The lowest BCUT2D eigenvalue weighted by molar-refractivity contribution is -0.143. The number of hydrogen-bond acceptors (Lipinski definition) is 3. The van der Waals surface area contributed by atoms with E-state index in [0.29, 0.717) is 26.2 Å². The molecule has 1 aliphatic heterocycles. The molecule has 27 heavy (non-hydrogen) atoms. The molecular weight excluding hydrogens is 359 g/mol. The monoisotopic (exact) mass is 377 g/mol. The number of rotatable bonds is 2. The zero-order chi connectivity index (χ0) is 19.4. The summed E-state index contributed by atoms with van der Waals surface area (Å²) < 4.78 is 37.7. The lowest BCUT2D eigenvalue weighted by Crippen LogP contribution is -2.51. The fourth-order valence-electron chi connectivity index (χ4n) is 2.88. The Morgan fingerprint density at radius 3 is 2.00 bits per heavy atom. The lowest BCUT2D eigenvalue weighted by Gasteiger charge is -2.35. The SMILES string of the molecule is O=C(Nc1ccc(C(F)(F)F)cc1)C(=O)N1CCN(c2ccccc2)CC1. The van der Waals surface area contributed by atoms with E-state index in [0.717, 1.165) is 30.0 Å². The lowest BCUT2D eigenvalue weighted by atomic mass is 10.2. The van der Waals surface area contributed by atoms with Crippen molar-refractivity contribution >= 4 is 23.2 Å². The standard InChI is InChI=1S/C19H18F3N3O2/c20-19(21,22)14-6-8-15(9-7-14)23-17(26)18(27)25-12-10-24(11-13-25)16-4-2-1-3-5-16/h1-9H,10-13H2,(H,23,26). The fourth-order valence-corrected chi connectivity index (χ4v) is 2.88. The maximum absolute atomic E-state index is 12.6. The minimum atomic E-state index is -4.45. The van der Waals surface area contributed by atoms with Crippen LogP contribution in [0.15, 0.2) is 54.6 Å². The number of halogens is 3. The zero-order valence-electron chi connectivity index (χ0n) is 14.4. The first-order valence-corrected chi connectivity index (χ1v) is 8.42. The average molecular weight is 377 g/mol. The molecule has 0 bridgehead atoms. The maximum atomic E-state index is 12.6. The number of anilines is 2. The van der Waals surface area contributed by atoms with Crippen molar-refractivity contribution in [2.45, 2.75) is 6.18 Å². The van der Waals surface area contributed by atoms with Gasteiger partial charge in [-0.05, 0) is 36.4 Å². The summed E-state index contributed by atoms with van der Waals surface area (Å²) in [5, 5.41) is 2.35. The van der Waals surface area contributed by atoms with Gasteiger partial charge in [0.1, 0.15) is 0 Å². The summed E-state index contributed by atoms with van der Waals surface area (Å²) in [6.45, 7) is 1.99. The Bertz CT molecular complexity index is 799. The van der Waals surface area contributed by atoms with Crippen LogP contribution >= 0.6 is 0 Å². The first kappa shape index (κ1) is 18.8. The Morgan fingerprint density at radius 1 is 0.852 bits per heavy atom. The highest BCUT2D eigenvalue weighted by Gasteiger charge is 2.30. The Hall–Kier alpha value is -3.03. The fraction of sp³-hybridized carbons (Fsp3) is 0.263. The molecule has 0 saturated carbocycles. The van der Waals surface area contributed by atoms with Crippen molar-refractivity contribution in [1.82, 2.24) is 4.90 Å². The Labute approximate surface area is 154 Å². The topological polar surface area (TPSA) is 52.7 Å². The average Bonchev–Trinajstić information content (AvgIpc) is 2.68. The van der Waals surface area contributed by atoms with Crippen LogP contribution in [-0.4, -0.2) is 42.9 Å². The zero-order valence-corrected chi connectivity index (χ0v) is 14.4. The predicted octanol–water partition coefficient (Wildman–Crippen LogP) is 2.99. The van der Waals surface area contributed by atoms with Gasteiger partial charge in [0.15, 0.2) is 0 Å². The van der Waals surface area contributed by atoms with Crippen LogP contribution in [0.25, 0.3) is 0 Å². The number of carbonyl (C=O) groups excluding carboxylic acids is 2. The molecular formula is C19H18F3N3O2. The summed E-state index contributed by atoms with van der Waals surface area (Å²) in [5.41, 5.74) is 0.381. The number of piperazine rings is 1. The quantitative estimate of drug-likeness (QED) is 0.819. The highest BCUT2D eigenvalue weighted by molar-refractivity contribution is 6.39. The molecule has 2 aromatic carbocycles. The summed E-state index contributed by atoms with van der Waals surface area (Å²) >= 11 is 0. The molecule has 1 saturated heterocycles. The normalized spacial score (nSPS) is 14.8. The van der Waals surface area contributed by atoms with E-state index >= 15 is 0 Å². The van der Waals surface area contributed by atoms with E-state index in [2.05, 4.69) is 10.2 Å². The Kier molecular flexibility index (Phi) is 5.34. The number of nitrogens with one attached hydrogen (secondary N) is 1. The van der Waals surface area contributed by atoms with Crippen molar-refractivity contribution in [2.75, 3.05) is 36.4 Å². The van der Waals surface area contributed by atoms with Crippen molar-refractivity contribution in [1.29, 1.82) is 0 Å². The van der Waals surface area contributed by atoms with Crippen molar-refractivity contribution in [3.8, 4) is 0 Å². The minimum Gasteiger partial charge on any atom is -0.368 e. The molecule has 1 N–H and O–H groups in total. The molecule has 0 unspecified atom stereocenters. The van der Waals surface area contributed by atoms with Crippen molar-refractivity contribution in [2.24, 2.45) is 0 Å². The van der Waals surface area contributed by atoms with Crippen molar-refractivity contribution < 1.29 is 22.8 Å². The molecule has 8 heteroatoms. The van der Waals surface area contributed by atoms with E-state index in [-0.39, 0.29) is 5.69 Å². The van der Waals surface area contributed by atoms with Crippen LogP contribution < -0.4 is 10.2 Å². The third-order valence-electron chi connectivity index (χ3n) is 4.35. The number of amides is 2. The molecule has 1 fully saturated rings. The van der Waals surface area contributed by atoms with Gasteiger partial charge in [-0.2, -0.15) is 13.2 Å². The summed E-state index contributed by atoms with van der Waals surface area (Å²) in [7, 11) is 0. The van der Waals surface area contributed by atoms with Crippen LogP contribution in [0.4, 0.5) is 24.5 Å². The molecule has 0 spiro atoms. The predicted molar refractivity (Wildman–Crippen MR) is 95.3 cm³/mol. The molecule has 2 amide bonds. The van der Waals surface area contributed by atoms with Gasteiger partial charge in [-0.15, -0.1) is 0 Å². The summed E-state index contributed by atoms with van der Waals surface area (Å²) in [5.74, 6) is -1.55. The van der Waals surface area contributed by atoms with Crippen molar-refractivity contribution in [3.63, 3.8) is 0 Å². The van der Waals surface area contributed by atoms with Crippen LogP contribution in [0.5, 0.6) is 0 Å². The largest absolute Gasteiger partial charge is 0.416 e. The van der Waals surface area contributed by atoms with Crippen molar-refractivity contribution in [3.05, 3.63) is 60.2 Å². The first-order valence-electron chi connectivity index (χ1n) is 8.42. The number of hydrogen-bond donors (Lipinski definition) is 1. The number of benzene rings is 2. The summed E-state index contributed by atoms with van der Waals surface area (Å²) in [6.07, 6.45) is -4.45. The van der Waals surface area contributed by atoms with Crippen LogP contribution in [0.2, 0.25) is 0 Å². The minimum absolute atomic E-state index is 0.143. The first-order chi connectivity index (χ1) is 12.8. The van der Waals surface area contributed by atoms with Crippen LogP contribution in [-0.2, 0) is 15.8 Å². The van der Waals surface area contributed by atoms with Gasteiger partial charge in [-0.1, -0.05) is 18.2 Å². The molecule has 142 valence electrons. The number of para-hydroxylation sites is 1. The van der Waals surface area contributed by atoms with E-state index in [1.807, 2.05) is 30.3 Å². The molecule has 2 aromatic rings. The van der Waals surface area contributed by atoms with Gasteiger partial charge in [0.2, 0.25) is 0 Å². The van der Waals surface area contributed by atoms with Gasteiger partial charge in [-0.3, -0.25) is 9.59 Å². The van der Waals surface area contributed by atoms with Gasteiger partial charge >= 0.3 is 18.0 Å². The summed E-state index contributed by atoms with van der Waals surface area (Å²) in [4.78, 5) is 28.0. The van der Waals surface area contributed by atoms with E-state index in [9.17, 15) is 22.8 Å². The van der Waals surface area contributed by atoms with Crippen LogP contribution in [0.3, 0.4) is 0 Å². The van der Waals surface area contributed by atoms with E-state index in [1.54, 1.807) is 0 Å². The number of alkyl halides is 3. The molecule has 1 heterocycles. The van der Waals surface area contributed by atoms with Gasteiger partial charge in [0.05, 0.1) is 5.56 Å².